The van der Waals surface area contributed by atoms with Crippen LogP contribution in [0.2, 0.25) is 0 Å². The molecule has 41 nitrogen and oxygen atoms in total. The number of nitrogens with zero attached hydrogens (tertiary/aromatic N) is 9. The lowest BCUT2D eigenvalue weighted by molar-refractivity contribution is -0.157. The molecule has 7 aromatic heterocycles. The number of aliphatic hydroxyl groups excluding tert-OH is 5. The van der Waals surface area contributed by atoms with Gasteiger partial charge in [0.05, 0.1) is 225 Å². The van der Waals surface area contributed by atoms with E-state index in [-0.39, 0.29) is 155 Å². The van der Waals surface area contributed by atoms with E-state index < -0.39 is 111 Å². The fraction of sp³-hybridized carbons (Fsp3) is 0.387. The Morgan fingerprint density at radius 3 is 0.781 bits per heavy atom. The van der Waals surface area contributed by atoms with Gasteiger partial charge in [0.1, 0.15) is 30.0 Å². The monoisotopic (exact) mass is 1970 g/mol. The average Bonchev–Trinajstić information content (AvgIpc) is 0.840. The zero-order valence-corrected chi connectivity index (χ0v) is 81.5. The fourth-order valence-corrected chi connectivity index (χ4v) is 13.3. The molecule has 0 aliphatic rings. The Kier molecular flexibility index (Phi) is 48.0. The van der Waals surface area contributed by atoms with Crippen molar-refractivity contribution in [2.75, 3.05) is 69.4 Å². The summed E-state index contributed by atoms with van der Waals surface area (Å²) >= 11 is 5.58. The maximum Gasteiger partial charge on any atom is 0.337 e. The van der Waals surface area contributed by atoms with Gasteiger partial charge < -0.3 is 78.6 Å². The SMILES string of the molecule is CC(C)(C)OC(=O)CN.COC(=O)c1cc(CO)nc(CCl)c1.COC(=O)c1cc(CO)nc(CN(CC(=O)OC(C)(C)C)Cc2cc(C(=O)OC)cc(CO)n2)c1.COC(=O)c1cc(CO)nc(CO)c1.COC(=O)c1cc(COS(=O)(=O)c2ccc(C)cc2)nc(CN(CC(=O)OC(C)(C)C)Cc2cc(C(=O)OC)cc(COS(=O)(=O)c3ccc(C)cc3)n2)c1.COC(=O)c1ccncc1. The van der Waals surface area contributed by atoms with Crippen molar-refractivity contribution in [2.45, 2.75) is 181 Å². The number of nitrogens with two attached hydrogens (primary N) is 1. The lowest BCUT2D eigenvalue weighted by Crippen LogP contribution is -2.35. The molecule has 0 radical (unpaired) electrons. The summed E-state index contributed by atoms with van der Waals surface area (Å²) in [4.78, 5) is 151. The van der Waals surface area contributed by atoms with E-state index in [4.69, 9.17) is 74.2 Å². The third-order valence-corrected chi connectivity index (χ3v) is 20.0. The van der Waals surface area contributed by atoms with Crippen molar-refractivity contribution in [2.24, 2.45) is 5.73 Å². The summed E-state index contributed by atoms with van der Waals surface area (Å²) in [6.07, 6.45) is 3.10. The lowest BCUT2D eigenvalue weighted by atomic mass is 10.1. The highest BCUT2D eigenvalue weighted by atomic mass is 35.5. The number of carbonyl (C=O) groups is 10. The molecular formula is C93H115ClN10O31S2. The Hall–Kier alpha value is -13.0. The van der Waals surface area contributed by atoms with Gasteiger partial charge >= 0.3 is 59.7 Å². The van der Waals surface area contributed by atoms with Crippen LogP contribution in [-0.2, 0) is 169 Å². The van der Waals surface area contributed by atoms with Crippen molar-refractivity contribution in [1.29, 1.82) is 0 Å². The van der Waals surface area contributed by atoms with Crippen molar-refractivity contribution >= 4 is 91.5 Å². The molecule has 0 bridgehead atoms. The van der Waals surface area contributed by atoms with Crippen molar-refractivity contribution in [1.82, 2.24) is 44.7 Å². The Bertz CT molecular complexity index is 5480. The summed E-state index contributed by atoms with van der Waals surface area (Å²) < 4.78 is 111. The first-order chi connectivity index (χ1) is 64.4. The molecule has 0 spiro atoms. The number of alkyl halides is 1. The second-order valence-electron chi connectivity index (χ2n) is 31.9. The highest BCUT2D eigenvalue weighted by Crippen LogP contribution is 2.24. The summed E-state index contributed by atoms with van der Waals surface area (Å²) in [6, 6.07) is 32.6. The van der Waals surface area contributed by atoms with Gasteiger partial charge in [-0.1, -0.05) is 35.4 Å². The van der Waals surface area contributed by atoms with Crippen molar-refractivity contribution < 1.29 is 146 Å². The molecular weight excluding hydrogens is 1850 g/mol. The number of esters is 10. The molecule has 0 saturated carbocycles. The third-order valence-electron chi connectivity index (χ3n) is 17.2. The molecule has 9 rings (SSSR count). The van der Waals surface area contributed by atoms with Crippen LogP contribution in [0.1, 0.15) is 214 Å². The zero-order valence-electron chi connectivity index (χ0n) is 79.1. The van der Waals surface area contributed by atoms with E-state index in [1.807, 2.05) is 13.8 Å². The van der Waals surface area contributed by atoms with Gasteiger partial charge in [-0.3, -0.25) is 67.4 Å². The molecule has 0 saturated heterocycles. The van der Waals surface area contributed by atoms with Gasteiger partial charge in [0, 0.05) is 38.6 Å². The number of halogens is 1. The number of aryl methyl sites for hydroxylation is 2. The Labute approximate surface area is 798 Å². The molecule has 7 N–H and O–H groups in total. The van der Waals surface area contributed by atoms with E-state index in [0.717, 1.165) is 11.1 Å². The molecule has 137 heavy (non-hydrogen) atoms. The number of aromatic nitrogens is 7. The Morgan fingerprint density at radius 1 is 0.328 bits per heavy atom. The predicted octanol–water partition coefficient (Wildman–Crippen LogP) is 8.31. The maximum absolute atomic E-state index is 13.1. The quantitative estimate of drug-likeness (QED) is 0.00955. The number of rotatable bonds is 34. The first-order valence-electron chi connectivity index (χ1n) is 41.3. The molecule has 44 heteroatoms. The number of ether oxygens (including phenoxy) is 10. The standard InChI is InChI=1S/C38H43N3O12S2.C24H31N3O8.C9H10ClNO3.C9H11NO4.C7H7NO2.C6H13NO2/c1-25-8-12-33(13-9-25)54(45,46)51-23-31-18-27(36(43)49-6)16-29(39-31)20-41(22-35(42)53-38(3,4)5)21-30-17-28(37(44)50-7)19-32(40-30)24-52-55(47,48)34-14-10-26(2)11-15-34;1-24(2,3)35-21(30)12-27(10-17-6-15(22(31)33-4)8-19(13-28)25-17)11-18-7-16(23(32)34-5)9-20(14-29)26-18;1-14-9(13)6-2-7(4-10)11-8(3-6)5-12;1-14-9(13)6-2-7(4-11)10-8(3-6)5-12;1-10-7(9)6-2-4-8-5-3-6;1-6(2,3)9-5(8)4-7/h8-19H,20-24H2,1-7H3;6-9,28-29H,10-14H2,1-5H3;2-3,12H,4-5H2,1H3;2-3,11-12H,4-5H2,1H3;2-5H,1H3;4,7H2,1-3H3. The fourth-order valence-electron chi connectivity index (χ4n) is 11.4. The molecule has 7 heterocycles. The summed E-state index contributed by atoms with van der Waals surface area (Å²) in [5, 5.41) is 45.7. The smallest absolute Gasteiger partial charge is 0.337 e. The lowest BCUT2D eigenvalue weighted by Gasteiger charge is -2.25. The van der Waals surface area contributed by atoms with Crippen LogP contribution >= 0.6 is 11.6 Å². The molecule has 2 aromatic carbocycles. The van der Waals surface area contributed by atoms with Gasteiger partial charge in [-0.05, 0) is 185 Å². The number of methoxy groups -OCH3 is 7. The van der Waals surface area contributed by atoms with Crippen LogP contribution in [0, 0.1) is 13.8 Å². The molecule has 9 aromatic rings. The normalized spacial score (nSPS) is 11.1. The summed E-state index contributed by atoms with van der Waals surface area (Å²) in [5.74, 6) is -5.26. The van der Waals surface area contributed by atoms with Gasteiger partial charge in [-0.15, -0.1) is 11.6 Å². The number of benzene rings is 2. The average molecular weight is 1970 g/mol. The van der Waals surface area contributed by atoms with E-state index >= 15 is 0 Å². The van der Waals surface area contributed by atoms with Crippen LogP contribution in [0.15, 0.2) is 156 Å². The van der Waals surface area contributed by atoms with Crippen LogP contribution in [0.3, 0.4) is 0 Å². The van der Waals surface area contributed by atoms with Gasteiger partial charge in [-0.25, -0.2) is 33.6 Å². The first kappa shape index (κ1) is 116. The minimum absolute atomic E-state index is 0.0380. The first-order valence-corrected chi connectivity index (χ1v) is 44.6. The van der Waals surface area contributed by atoms with Crippen molar-refractivity contribution in [3.63, 3.8) is 0 Å². The van der Waals surface area contributed by atoms with Crippen molar-refractivity contribution in [3.05, 3.63) is 264 Å². The second kappa shape index (κ2) is 56.5. The number of carbonyl (C=O) groups excluding carboxylic acids is 10. The molecule has 0 unspecified atom stereocenters. The third kappa shape index (κ3) is 42.4. The second-order valence-corrected chi connectivity index (χ2v) is 35.4. The summed E-state index contributed by atoms with van der Waals surface area (Å²) in [7, 11) is 0.373. The molecule has 0 aliphatic carbocycles. The highest BCUT2D eigenvalue weighted by molar-refractivity contribution is 7.87. The Balaban J connectivity index is 0.000000400. The van der Waals surface area contributed by atoms with Crippen molar-refractivity contribution in [3.8, 4) is 0 Å². The molecule has 0 fully saturated rings. The number of hydrogen-bond donors (Lipinski definition) is 6. The van der Waals surface area contributed by atoms with E-state index in [1.165, 1.54) is 147 Å². The predicted molar refractivity (Wildman–Crippen MR) is 489 cm³/mol. The number of hydrogen-bond acceptors (Lipinski definition) is 41. The summed E-state index contributed by atoms with van der Waals surface area (Å²) in [6.45, 7) is 16.1. The van der Waals surface area contributed by atoms with Crippen LogP contribution in [0.4, 0.5) is 0 Å². The van der Waals surface area contributed by atoms with E-state index in [0.29, 0.717) is 45.3 Å². The van der Waals surface area contributed by atoms with E-state index in [9.17, 15) is 75.0 Å². The number of pyridine rings is 7. The highest BCUT2D eigenvalue weighted by Gasteiger charge is 2.28. The van der Waals surface area contributed by atoms with Gasteiger partial charge in [0.25, 0.3) is 20.2 Å². The van der Waals surface area contributed by atoms with E-state index in [1.54, 1.807) is 121 Å². The minimum Gasteiger partial charge on any atom is -0.465 e. The summed E-state index contributed by atoms with van der Waals surface area (Å²) in [5.41, 5.74) is 9.89. The maximum atomic E-state index is 13.1. The van der Waals surface area contributed by atoms with Crippen LogP contribution in [0.25, 0.3) is 0 Å². The Morgan fingerprint density at radius 2 is 0.547 bits per heavy atom. The largest absolute Gasteiger partial charge is 0.465 e. The molecule has 742 valence electrons. The van der Waals surface area contributed by atoms with E-state index in [2.05, 4.69) is 49.1 Å². The van der Waals surface area contributed by atoms with Crippen LogP contribution in [-0.4, -0.2) is 233 Å². The molecule has 0 atom stereocenters. The minimum atomic E-state index is -4.19. The van der Waals surface area contributed by atoms with Gasteiger partial charge in [-0.2, -0.15) is 16.8 Å². The van der Waals surface area contributed by atoms with Gasteiger partial charge in [0.15, 0.2) is 0 Å². The van der Waals surface area contributed by atoms with Crippen LogP contribution in [0.5, 0.6) is 0 Å². The van der Waals surface area contributed by atoms with Crippen LogP contribution < -0.4 is 5.73 Å². The molecule has 0 amide bonds. The zero-order chi connectivity index (χ0) is 103. The molecule has 0 aliphatic heterocycles. The number of aliphatic hydroxyl groups is 5. The van der Waals surface area contributed by atoms with Gasteiger partial charge in [0.2, 0.25) is 0 Å². The topological polar surface area (TPSA) is 574 Å².